The Morgan fingerprint density at radius 3 is 2.61 bits per heavy atom. The Balaban J connectivity index is 1.74. The van der Waals surface area contributed by atoms with Crippen LogP contribution in [-0.2, 0) is 0 Å². The van der Waals surface area contributed by atoms with Crippen molar-refractivity contribution in [3.05, 3.63) is 18.2 Å². The number of nitrogens with zero attached hydrogens (tertiary/aromatic N) is 4. The van der Waals surface area contributed by atoms with E-state index in [-0.39, 0.29) is 12.1 Å². The Morgan fingerprint density at radius 2 is 1.94 bits per heavy atom. The van der Waals surface area contributed by atoms with Gasteiger partial charge in [-0.05, 0) is 25.7 Å². The summed E-state index contributed by atoms with van der Waals surface area (Å²) in [7, 11) is 0. The van der Waals surface area contributed by atoms with Crippen molar-refractivity contribution in [2.24, 2.45) is 10.7 Å². The van der Waals surface area contributed by atoms with Crippen molar-refractivity contribution in [1.29, 1.82) is 0 Å². The van der Waals surface area contributed by atoms with Gasteiger partial charge in [0.1, 0.15) is 11.9 Å². The number of rotatable bonds is 3. The highest BCUT2D eigenvalue weighted by atomic mass is 16.2. The number of urea groups is 1. The first-order chi connectivity index (χ1) is 8.75. The first-order valence-corrected chi connectivity index (χ1v) is 6.44. The zero-order valence-corrected chi connectivity index (χ0v) is 9.99. The molecule has 3 aliphatic rings. The van der Waals surface area contributed by atoms with Crippen molar-refractivity contribution >= 4 is 11.9 Å². The quantitative estimate of drug-likeness (QED) is 0.869. The fourth-order valence-electron chi connectivity index (χ4n) is 2.68. The molecule has 2 fully saturated rings. The molecule has 1 aromatic heterocycles. The zero-order chi connectivity index (χ0) is 12.3. The monoisotopic (exact) mass is 245 g/mol. The van der Waals surface area contributed by atoms with E-state index in [1.54, 1.807) is 0 Å². The van der Waals surface area contributed by atoms with E-state index in [1.807, 2.05) is 17.4 Å². The van der Waals surface area contributed by atoms with Gasteiger partial charge >= 0.3 is 6.03 Å². The van der Waals surface area contributed by atoms with Crippen LogP contribution in [0.25, 0.3) is 0 Å². The summed E-state index contributed by atoms with van der Waals surface area (Å²) in [6.07, 6.45) is 8.15. The lowest BCUT2D eigenvalue weighted by Gasteiger charge is -2.24. The van der Waals surface area contributed by atoms with Gasteiger partial charge in [-0.1, -0.05) is 0 Å². The largest absolute Gasteiger partial charge is 0.385 e. The summed E-state index contributed by atoms with van der Waals surface area (Å²) in [6.45, 7) is 0. The van der Waals surface area contributed by atoms with Crippen molar-refractivity contribution in [3.63, 3.8) is 0 Å². The lowest BCUT2D eigenvalue weighted by atomic mass is 10.2. The molecule has 1 aromatic rings. The van der Waals surface area contributed by atoms with Crippen LogP contribution in [0.1, 0.15) is 43.5 Å². The number of carbonyl (C=O) groups excluding carboxylic acids is 1. The van der Waals surface area contributed by atoms with E-state index < -0.39 is 0 Å². The van der Waals surface area contributed by atoms with E-state index in [9.17, 15) is 4.79 Å². The number of hydrogen-bond acceptors (Lipinski definition) is 3. The minimum absolute atomic E-state index is 0.191. The van der Waals surface area contributed by atoms with Crippen LogP contribution < -0.4 is 5.73 Å². The maximum absolute atomic E-state index is 11.9. The zero-order valence-electron chi connectivity index (χ0n) is 9.99. The number of hydrogen-bond donors (Lipinski definition) is 1. The summed E-state index contributed by atoms with van der Waals surface area (Å²) >= 11 is 0. The third kappa shape index (κ3) is 1.38. The number of nitrogens with two attached hydrogens (primary N) is 1. The highest BCUT2D eigenvalue weighted by Gasteiger charge is 2.45. The standard InChI is InChI=1S/C12H15N5O/c13-11-10(17(8-3-4-8)12(18)15-11)9-5-14-6-16(9)7-1-2-7/h5-8,10H,1-4H2,(H2,13,15,18). The van der Waals surface area contributed by atoms with E-state index in [1.165, 1.54) is 12.8 Å². The van der Waals surface area contributed by atoms with Crippen LogP contribution in [0.15, 0.2) is 17.5 Å². The van der Waals surface area contributed by atoms with Crippen molar-refractivity contribution in [2.75, 3.05) is 0 Å². The molecule has 94 valence electrons. The van der Waals surface area contributed by atoms with Gasteiger partial charge in [0.05, 0.1) is 18.2 Å². The smallest absolute Gasteiger partial charge is 0.346 e. The van der Waals surface area contributed by atoms with Crippen molar-refractivity contribution in [3.8, 4) is 0 Å². The topological polar surface area (TPSA) is 76.5 Å². The van der Waals surface area contributed by atoms with Gasteiger partial charge in [0, 0.05) is 12.1 Å². The van der Waals surface area contributed by atoms with Gasteiger partial charge in [-0.15, -0.1) is 0 Å². The first-order valence-electron chi connectivity index (χ1n) is 6.44. The summed E-state index contributed by atoms with van der Waals surface area (Å²) in [6, 6.07) is 0.457. The van der Waals surface area contributed by atoms with E-state index in [0.29, 0.717) is 17.9 Å². The van der Waals surface area contributed by atoms with E-state index in [0.717, 1.165) is 18.5 Å². The van der Waals surface area contributed by atoms with Crippen LogP contribution >= 0.6 is 0 Å². The van der Waals surface area contributed by atoms with E-state index in [2.05, 4.69) is 14.5 Å². The molecule has 6 heteroatoms. The molecule has 2 amide bonds. The molecule has 1 unspecified atom stereocenters. The van der Waals surface area contributed by atoms with Crippen LogP contribution in [0.2, 0.25) is 0 Å². The van der Waals surface area contributed by atoms with E-state index in [4.69, 9.17) is 5.73 Å². The molecule has 1 aliphatic heterocycles. The molecule has 2 heterocycles. The van der Waals surface area contributed by atoms with Gasteiger partial charge in [0.2, 0.25) is 0 Å². The number of aromatic nitrogens is 2. The van der Waals surface area contributed by atoms with Crippen LogP contribution in [-0.4, -0.2) is 32.4 Å². The lowest BCUT2D eigenvalue weighted by Crippen LogP contribution is -2.36. The van der Waals surface area contributed by atoms with Crippen molar-refractivity contribution < 1.29 is 4.79 Å². The maximum Gasteiger partial charge on any atom is 0.346 e. The molecule has 0 radical (unpaired) electrons. The molecule has 2 aliphatic carbocycles. The second-order valence-electron chi connectivity index (χ2n) is 5.32. The van der Waals surface area contributed by atoms with Gasteiger partial charge in [0.15, 0.2) is 0 Å². The molecular weight excluding hydrogens is 230 g/mol. The van der Waals surface area contributed by atoms with Crippen LogP contribution in [0.3, 0.4) is 0 Å². The van der Waals surface area contributed by atoms with Gasteiger partial charge < -0.3 is 15.2 Å². The van der Waals surface area contributed by atoms with Gasteiger partial charge in [-0.25, -0.2) is 9.78 Å². The molecule has 2 saturated carbocycles. The average molecular weight is 245 g/mol. The first kappa shape index (κ1) is 10.1. The number of amides is 2. The minimum Gasteiger partial charge on any atom is -0.385 e. The number of aliphatic imine (C=N–C) groups is 1. The maximum atomic E-state index is 11.9. The van der Waals surface area contributed by atoms with Crippen LogP contribution in [0.4, 0.5) is 4.79 Å². The third-order valence-corrected chi connectivity index (χ3v) is 3.86. The predicted octanol–water partition coefficient (Wildman–Crippen LogP) is 1.21. The molecule has 0 bridgehead atoms. The molecular formula is C12H15N5O. The highest BCUT2D eigenvalue weighted by Crippen LogP contribution is 2.42. The van der Waals surface area contributed by atoms with E-state index >= 15 is 0 Å². The van der Waals surface area contributed by atoms with Crippen molar-refractivity contribution in [1.82, 2.24) is 14.5 Å². The molecule has 18 heavy (non-hydrogen) atoms. The van der Waals surface area contributed by atoms with Gasteiger partial charge in [-0.3, -0.25) is 0 Å². The van der Waals surface area contributed by atoms with Crippen LogP contribution in [0, 0.1) is 0 Å². The molecule has 1 atom stereocenters. The number of carbonyl (C=O) groups is 1. The number of imidazole rings is 1. The summed E-state index contributed by atoms with van der Waals surface area (Å²) in [5.74, 6) is 0.411. The van der Waals surface area contributed by atoms with Gasteiger partial charge in [-0.2, -0.15) is 4.99 Å². The molecule has 2 N–H and O–H groups in total. The number of amidine groups is 1. The summed E-state index contributed by atoms with van der Waals surface area (Å²) in [5, 5.41) is 0. The second-order valence-corrected chi connectivity index (χ2v) is 5.32. The highest BCUT2D eigenvalue weighted by molar-refractivity contribution is 6.03. The SMILES string of the molecule is NC1=NC(=O)N(C2CC2)C1c1cncn1C1CC1. The fourth-order valence-corrected chi connectivity index (χ4v) is 2.68. The lowest BCUT2D eigenvalue weighted by molar-refractivity contribution is 0.201. The Morgan fingerprint density at radius 1 is 1.22 bits per heavy atom. The van der Waals surface area contributed by atoms with Crippen molar-refractivity contribution in [2.45, 2.75) is 43.8 Å². The van der Waals surface area contributed by atoms with Gasteiger partial charge in [0.25, 0.3) is 0 Å². The minimum atomic E-state index is -0.201. The Bertz CT molecular complexity index is 540. The van der Waals surface area contributed by atoms with Crippen LogP contribution in [0.5, 0.6) is 0 Å². The predicted molar refractivity (Wildman–Crippen MR) is 65.1 cm³/mol. The Kier molecular flexibility index (Phi) is 1.87. The summed E-state index contributed by atoms with van der Waals surface area (Å²) in [4.78, 5) is 21.9. The molecule has 6 nitrogen and oxygen atoms in total. The molecule has 0 spiro atoms. The molecule has 4 rings (SSSR count). The summed E-state index contributed by atoms with van der Waals surface area (Å²) < 4.78 is 2.15. The second kappa shape index (κ2) is 3.34. The Labute approximate surface area is 104 Å². The average Bonchev–Trinajstić information content (AvgIpc) is 3.25. The molecule has 0 aromatic carbocycles. The fraction of sp³-hybridized carbons (Fsp3) is 0.583. The Hall–Kier alpha value is -1.85. The third-order valence-electron chi connectivity index (χ3n) is 3.86. The summed E-state index contributed by atoms with van der Waals surface area (Å²) in [5.41, 5.74) is 6.96. The molecule has 0 saturated heterocycles. The normalized spacial score (nSPS) is 27.8.